The molecule has 0 saturated heterocycles. The van der Waals surface area contributed by atoms with Gasteiger partial charge in [0.15, 0.2) is 8.32 Å². The fraction of sp³-hybridized carbons (Fsp3) is 0.842. The highest BCUT2D eigenvalue weighted by molar-refractivity contribution is 6.74. The summed E-state index contributed by atoms with van der Waals surface area (Å²) in [6.07, 6.45) is 6.51. The number of rotatable bonds is 8. The standard InChI is InChI=1S/C19H38O3Si/c1-16(14-15-21-23(8,9)19(5,6)7)12-10-11-13-17(20)22-18(2,3)4/h11,13,16H,10,12,14-15H2,1-9H3/b13-11+. The van der Waals surface area contributed by atoms with E-state index in [0.29, 0.717) is 5.92 Å². The third-order valence-electron chi connectivity index (χ3n) is 4.37. The highest BCUT2D eigenvalue weighted by atomic mass is 28.4. The Morgan fingerprint density at radius 1 is 1.09 bits per heavy atom. The zero-order chi connectivity index (χ0) is 18.3. The van der Waals surface area contributed by atoms with E-state index in [1.807, 2.05) is 26.8 Å². The molecule has 0 N–H and O–H groups in total. The molecule has 0 amide bonds. The Morgan fingerprint density at radius 2 is 1.65 bits per heavy atom. The number of ether oxygens (including phenoxy) is 1. The summed E-state index contributed by atoms with van der Waals surface area (Å²) in [4.78, 5) is 11.6. The van der Waals surface area contributed by atoms with E-state index in [-0.39, 0.29) is 11.0 Å². The molecular weight excluding hydrogens is 304 g/mol. The predicted molar refractivity (Wildman–Crippen MR) is 101 cm³/mol. The van der Waals surface area contributed by atoms with Gasteiger partial charge in [-0.15, -0.1) is 0 Å². The molecule has 0 aliphatic heterocycles. The van der Waals surface area contributed by atoms with Crippen LogP contribution in [-0.2, 0) is 14.0 Å². The summed E-state index contributed by atoms with van der Waals surface area (Å²) in [6, 6.07) is 0. The van der Waals surface area contributed by atoms with Gasteiger partial charge in [0.2, 0.25) is 0 Å². The van der Waals surface area contributed by atoms with Crippen LogP contribution < -0.4 is 0 Å². The van der Waals surface area contributed by atoms with Crippen LogP contribution in [0.3, 0.4) is 0 Å². The van der Waals surface area contributed by atoms with Gasteiger partial charge >= 0.3 is 5.97 Å². The van der Waals surface area contributed by atoms with Crippen LogP contribution in [0.25, 0.3) is 0 Å². The summed E-state index contributed by atoms with van der Waals surface area (Å²) in [5.74, 6) is 0.342. The third-order valence-corrected chi connectivity index (χ3v) is 8.90. The summed E-state index contributed by atoms with van der Waals surface area (Å²) >= 11 is 0. The molecule has 0 aliphatic carbocycles. The molecule has 0 spiro atoms. The van der Waals surface area contributed by atoms with Crippen molar-refractivity contribution < 1.29 is 14.0 Å². The van der Waals surface area contributed by atoms with Crippen molar-refractivity contribution in [2.24, 2.45) is 5.92 Å². The number of hydrogen-bond acceptors (Lipinski definition) is 3. The van der Waals surface area contributed by atoms with E-state index in [2.05, 4.69) is 40.8 Å². The Hall–Kier alpha value is -0.613. The van der Waals surface area contributed by atoms with Crippen molar-refractivity contribution in [3.63, 3.8) is 0 Å². The van der Waals surface area contributed by atoms with Gasteiger partial charge in [-0.3, -0.25) is 0 Å². The Bertz CT molecular complexity index is 386. The van der Waals surface area contributed by atoms with E-state index in [9.17, 15) is 4.79 Å². The largest absolute Gasteiger partial charge is 0.457 e. The predicted octanol–water partition coefficient (Wildman–Crippen LogP) is 5.71. The van der Waals surface area contributed by atoms with Crippen LogP contribution in [0.5, 0.6) is 0 Å². The van der Waals surface area contributed by atoms with Crippen LogP contribution in [0.4, 0.5) is 0 Å². The van der Waals surface area contributed by atoms with E-state index < -0.39 is 13.9 Å². The average molecular weight is 343 g/mol. The van der Waals surface area contributed by atoms with Gasteiger partial charge in [0.1, 0.15) is 5.60 Å². The monoisotopic (exact) mass is 342 g/mol. The summed E-state index contributed by atoms with van der Waals surface area (Å²) in [6.45, 7) is 20.1. The molecule has 0 rings (SSSR count). The number of hydrogen-bond donors (Lipinski definition) is 0. The van der Waals surface area contributed by atoms with Crippen molar-refractivity contribution in [3.05, 3.63) is 12.2 Å². The Morgan fingerprint density at radius 3 is 2.13 bits per heavy atom. The van der Waals surface area contributed by atoms with Crippen molar-refractivity contribution in [2.45, 2.75) is 91.5 Å². The molecule has 3 nitrogen and oxygen atoms in total. The maximum absolute atomic E-state index is 11.6. The summed E-state index contributed by atoms with van der Waals surface area (Å²) in [5, 5.41) is 0.270. The van der Waals surface area contributed by atoms with Crippen LogP contribution in [0.15, 0.2) is 12.2 Å². The summed E-state index contributed by atoms with van der Waals surface area (Å²) in [5.41, 5.74) is -0.421. The third kappa shape index (κ3) is 10.7. The zero-order valence-corrected chi connectivity index (χ0v) is 17.8. The molecule has 0 bridgehead atoms. The molecule has 0 saturated carbocycles. The van der Waals surface area contributed by atoms with E-state index >= 15 is 0 Å². The Balaban J connectivity index is 3.97. The number of allylic oxidation sites excluding steroid dienone is 1. The fourth-order valence-corrected chi connectivity index (χ4v) is 2.83. The van der Waals surface area contributed by atoms with E-state index in [0.717, 1.165) is 25.9 Å². The fourth-order valence-electron chi connectivity index (χ4n) is 1.77. The van der Waals surface area contributed by atoms with Crippen molar-refractivity contribution in [2.75, 3.05) is 6.61 Å². The van der Waals surface area contributed by atoms with E-state index in [4.69, 9.17) is 9.16 Å². The highest BCUT2D eigenvalue weighted by Crippen LogP contribution is 2.36. The van der Waals surface area contributed by atoms with Gasteiger partial charge in [0.25, 0.3) is 0 Å². The first kappa shape index (κ1) is 22.4. The van der Waals surface area contributed by atoms with E-state index in [1.165, 1.54) is 0 Å². The average Bonchev–Trinajstić information content (AvgIpc) is 2.30. The molecule has 23 heavy (non-hydrogen) atoms. The lowest BCUT2D eigenvalue weighted by Crippen LogP contribution is -2.41. The molecule has 0 heterocycles. The van der Waals surface area contributed by atoms with Crippen LogP contribution >= 0.6 is 0 Å². The minimum Gasteiger partial charge on any atom is -0.457 e. The molecule has 4 heteroatoms. The molecule has 0 aromatic heterocycles. The van der Waals surface area contributed by atoms with Gasteiger partial charge in [-0.1, -0.05) is 33.8 Å². The zero-order valence-electron chi connectivity index (χ0n) is 16.8. The second kappa shape index (κ2) is 9.02. The molecule has 0 fully saturated rings. The van der Waals surface area contributed by atoms with Crippen LogP contribution in [-0.4, -0.2) is 26.5 Å². The van der Waals surface area contributed by atoms with Gasteiger partial charge in [-0.05, 0) is 64.1 Å². The van der Waals surface area contributed by atoms with Crippen LogP contribution in [0.1, 0.15) is 67.7 Å². The minimum absolute atomic E-state index is 0.258. The quantitative estimate of drug-likeness (QED) is 0.322. The molecule has 136 valence electrons. The number of carbonyl (C=O) groups excluding carboxylic acids is 1. The van der Waals surface area contributed by atoms with Gasteiger partial charge in [0.05, 0.1) is 0 Å². The normalized spacial score (nSPS) is 15.0. The first-order valence-corrected chi connectivity index (χ1v) is 11.7. The number of carbonyl (C=O) groups is 1. The lowest BCUT2D eigenvalue weighted by atomic mass is 10.0. The minimum atomic E-state index is -1.62. The summed E-state index contributed by atoms with van der Waals surface area (Å²) < 4.78 is 11.4. The Kier molecular flexibility index (Phi) is 8.78. The molecule has 0 aromatic carbocycles. The van der Waals surface area contributed by atoms with Crippen molar-refractivity contribution in [1.82, 2.24) is 0 Å². The molecule has 1 unspecified atom stereocenters. The Labute approximate surface area is 145 Å². The highest BCUT2D eigenvalue weighted by Gasteiger charge is 2.36. The van der Waals surface area contributed by atoms with Gasteiger partial charge in [-0.2, -0.15) is 0 Å². The van der Waals surface area contributed by atoms with Crippen LogP contribution in [0.2, 0.25) is 18.1 Å². The SMILES string of the molecule is CC(CC/C=C/C(=O)OC(C)(C)C)CCO[Si](C)(C)C(C)(C)C. The maximum atomic E-state index is 11.6. The topological polar surface area (TPSA) is 35.5 Å². The lowest BCUT2D eigenvalue weighted by Gasteiger charge is -2.36. The van der Waals surface area contributed by atoms with Crippen molar-refractivity contribution in [3.8, 4) is 0 Å². The molecule has 0 aromatic rings. The summed E-state index contributed by atoms with van der Waals surface area (Å²) in [7, 11) is -1.62. The van der Waals surface area contributed by atoms with Crippen LogP contribution in [0, 0.1) is 5.92 Å². The van der Waals surface area contributed by atoms with Crippen molar-refractivity contribution in [1.29, 1.82) is 0 Å². The van der Waals surface area contributed by atoms with E-state index in [1.54, 1.807) is 6.08 Å². The first-order chi connectivity index (χ1) is 10.2. The second-order valence-corrected chi connectivity index (χ2v) is 13.8. The number of esters is 1. The first-order valence-electron chi connectivity index (χ1n) is 8.78. The van der Waals surface area contributed by atoms with Gasteiger partial charge < -0.3 is 9.16 Å². The molecular formula is C19H38O3Si. The second-order valence-electron chi connectivity index (χ2n) is 9.02. The molecule has 1 atom stereocenters. The van der Waals surface area contributed by atoms with Crippen molar-refractivity contribution >= 4 is 14.3 Å². The van der Waals surface area contributed by atoms with Gasteiger partial charge in [0, 0.05) is 12.7 Å². The lowest BCUT2D eigenvalue weighted by molar-refractivity contribution is -0.148. The molecule has 0 radical (unpaired) electrons. The maximum Gasteiger partial charge on any atom is 0.330 e. The smallest absolute Gasteiger partial charge is 0.330 e. The van der Waals surface area contributed by atoms with Gasteiger partial charge in [-0.25, -0.2) is 4.79 Å². The molecule has 0 aliphatic rings.